The van der Waals surface area contributed by atoms with Crippen LogP contribution < -0.4 is 4.31 Å². The van der Waals surface area contributed by atoms with Crippen molar-refractivity contribution in [1.82, 2.24) is 0 Å². The zero-order valence-corrected chi connectivity index (χ0v) is 16.9. The van der Waals surface area contributed by atoms with Crippen molar-refractivity contribution < 1.29 is 23.1 Å². The van der Waals surface area contributed by atoms with Gasteiger partial charge in [0.15, 0.2) is 0 Å². The predicted molar refractivity (Wildman–Crippen MR) is 108 cm³/mol. The summed E-state index contributed by atoms with van der Waals surface area (Å²) in [4.78, 5) is 14.5. The minimum atomic E-state index is -4.01. The van der Waals surface area contributed by atoms with Crippen LogP contribution in [-0.4, -0.2) is 45.3 Å². The Morgan fingerprint density at radius 3 is 2.38 bits per heavy atom. The second-order valence-corrected chi connectivity index (χ2v) is 8.05. The molecule has 2 rings (SSSR count). The Balaban J connectivity index is 2.42. The molecule has 0 unspecified atom stereocenters. The molecule has 0 aromatic heterocycles. The minimum absolute atomic E-state index is 0.0496. The zero-order chi connectivity index (χ0) is 21.4. The summed E-state index contributed by atoms with van der Waals surface area (Å²) < 4.78 is 32.3. The van der Waals surface area contributed by atoms with Gasteiger partial charge in [-0.3, -0.25) is 4.31 Å². The van der Waals surface area contributed by atoms with Crippen molar-refractivity contribution in [3.8, 4) is 0 Å². The number of aryl methyl sites for hydroxylation is 1. The van der Waals surface area contributed by atoms with Gasteiger partial charge in [0.05, 0.1) is 41.9 Å². The Morgan fingerprint density at radius 1 is 1.21 bits per heavy atom. The smallest absolute Gasteiger partial charge is 0.338 e. The monoisotopic (exact) mass is 418 g/mol. The maximum absolute atomic E-state index is 13.2. The molecule has 0 radical (unpaired) electrons. The fraction of sp³-hybridized carbons (Fsp3) is 0.316. The number of aliphatic hydroxyl groups is 1. The number of aliphatic hydroxyl groups excluding tert-OH is 1. The number of carbonyl (C=O) groups excluding carboxylic acids is 1. The number of carbonyl (C=O) groups is 1. The molecule has 0 aliphatic carbocycles. The average molecular weight is 418 g/mol. The summed E-state index contributed by atoms with van der Waals surface area (Å²) >= 11 is 0. The maximum atomic E-state index is 13.2. The number of hydrogen-bond acceptors (Lipinski definition) is 6. The average Bonchev–Trinajstić information content (AvgIpc) is 2.71. The Bertz CT molecular complexity index is 984. The van der Waals surface area contributed by atoms with Gasteiger partial charge in [0, 0.05) is 4.91 Å². The molecule has 29 heavy (non-hydrogen) atoms. The molecule has 2 aromatic rings. The van der Waals surface area contributed by atoms with Gasteiger partial charge in [-0.05, 0) is 55.8 Å². The molecule has 0 spiro atoms. The van der Waals surface area contributed by atoms with Gasteiger partial charge < -0.3 is 9.84 Å². The maximum Gasteiger partial charge on any atom is 0.338 e. The van der Waals surface area contributed by atoms with Gasteiger partial charge >= 0.3 is 5.97 Å². The van der Waals surface area contributed by atoms with Crippen LogP contribution in [0.3, 0.4) is 0 Å². The van der Waals surface area contributed by atoms with Gasteiger partial charge in [0.2, 0.25) is 0 Å². The third-order valence-electron chi connectivity index (χ3n) is 4.01. The first-order chi connectivity index (χ1) is 13.8. The van der Waals surface area contributed by atoms with Crippen LogP contribution in [0.2, 0.25) is 0 Å². The molecule has 2 aromatic carbocycles. The number of rotatable bonds is 9. The molecule has 0 saturated heterocycles. The van der Waals surface area contributed by atoms with Crippen LogP contribution >= 0.6 is 0 Å². The first kappa shape index (κ1) is 22.2. The van der Waals surface area contributed by atoms with E-state index in [4.69, 9.17) is 10.3 Å². The van der Waals surface area contributed by atoms with E-state index in [9.17, 15) is 18.3 Å². The molecule has 10 heteroatoms. The number of ether oxygens (including phenoxy) is 1. The molecule has 0 amide bonds. The number of nitrogens with zero attached hydrogens (tertiary/aromatic N) is 4. The van der Waals surface area contributed by atoms with Crippen LogP contribution in [0, 0.1) is 6.92 Å². The lowest BCUT2D eigenvalue weighted by Crippen LogP contribution is -2.38. The first-order valence-corrected chi connectivity index (χ1v) is 10.3. The van der Waals surface area contributed by atoms with Crippen molar-refractivity contribution in [2.75, 3.05) is 24.0 Å². The van der Waals surface area contributed by atoms with E-state index in [-0.39, 0.29) is 35.8 Å². The summed E-state index contributed by atoms with van der Waals surface area (Å²) in [7, 11) is -4.01. The standard InChI is InChI=1S/C19H22N4O5S/c1-3-28-19(25)15-6-8-16(9-7-15)23(13-17(24)12-21-22-20)29(26,27)18-10-4-14(2)5-11-18/h4-11,17,24H,3,12-13H2,1-2H3/t17-/m0/s1. The summed E-state index contributed by atoms with van der Waals surface area (Å²) in [5, 5.41) is 13.4. The largest absolute Gasteiger partial charge is 0.462 e. The Morgan fingerprint density at radius 2 is 1.83 bits per heavy atom. The molecule has 0 bridgehead atoms. The third kappa shape index (κ3) is 5.71. The van der Waals surface area contributed by atoms with Gasteiger partial charge in [0.1, 0.15) is 0 Å². The van der Waals surface area contributed by atoms with Crippen molar-refractivity contribution in [3.05, 3.63) is 70.1 Å². The third-order valence-corrected chi connectivity index (χ3v) is 5.82. The Labute approximate surface area is 169 Å². The molecule has 1 atom stereocenters. The Kier molecular flexibility index (Phi) is 7.60. The zero-order valence-electron chi connectivity index (χ0n) is 16.1. The lowest BCUT2D eigenvalue weighted by molar-refractivity contribution is 0.0526. The number of benzene rings is 2. The second-order valence-electron chi connectivity index (χ2n) is 6.18. The van der Waals surface area contributed by atoms with Gasteiger partial charge in [-0.15, -0.1) is 0 Å². The van der Waals surface area contributed by atoms with Gasteiger partial charge in [-0.2, -0.15) is 0 Å². The first-order valence-electron chi connectivity index (χ1n) is 8.85. The van der Waals surface area contributed by atoms with Crippen LogP contribution in [0.5, 0.6) is 0 Å². The summed E-state index contributed by atoms with van der Waals surface area (Å²) in [6, 6.07) is 12.1. The highest BCUT2D eigenvalue weighted by molar-refractivity contribution is 7.92. The van der Waals surface area contributed by atoms with Crippen LogP contribution in [0.15, 0.2) is 58.5 Å². The highest BCUT2D eigenvalue weighted by Crippen LogP contribution is 2.25. The van der Waals surface area contributed by atoms with E-state index < -0.39 is 22.1 Å². The van der Waals surface area contributed by atoms with Crippen molar-refractivity contribution in [1.29, 1.82) is 0 Å². The highest BCUT2D eigenvalue weighted by Gasteiger charge is 2.27. The SMILES string of the molecule is CCOC(=O)c1ccc(N(C[C@@H](O)CN=[N+]=[N-])S(=O)(=O)c2ccc(C)cc2)cc1. The number of sulfonamides is 1. The van der Waals surface area contributed by atoms with Crippen LogP contribution in [0.4, 0.5) is 5.69 Å². The number of azide groups is 1. The van der Waals surface area contributed by atoms with Crippen molar-refractivity contribution in [3.63, 3.8) is 0 Å². The lowest BCUT2D eigenvalue weighted by Gasteiger charge is -2.26. The van der Waals surface area contributed by atoms with Gasteiger partial charge in [-0.25, -0.2) is 13.2 Å². The summed E-state index contributed by atoms with van der Waals surface area (Å²) in [5.41, 5.74) is 9.85. The second kappa shape index (κ2) is 9.92. The van der Waals surface area contributed by atoms with E-state index in [0.29, 0.717) is 0 Å². The normalized spacial score (nSPS) is 12.0. The van der Waals surface area contributed by atoms with Crippen molar-refractivity contribution in [2.45, 2.75) is 24.8 Å². The fourth-order valence-corrected chi connectivity index (χ4v) is 4.04. The van der Waals surface area contributed by atoms with Crippen molar-refractivity contribution >= 4 is 21.7 Å². The number of hydrogen-bond donors (Lipinski definition) is 1. The minimum Gasteiger partial charge on any atom is -0.462 e. The molecule has 0 fully saturated rings. The highest BCUT2D eigenvalue weighted by atomic mass is 32.2. The van der Waals surface area contributed by atoms with Gasteiger partial charge in [-0.1, -0.05) is 22.8 Å². The van der Waals surface area contributed by atoms with E-state index in [1.165, 1.54) is 36.4 Å². The van der Waals surface area contributed by atoms with Crippen LogP contribution in [-0.2, 0) is 14.8 Å². The molecule has 1 N–H and O–H groups in total. The van der Waals surface area contributed by atoms with Crippen molar-refractivity contribution in [2.24, 2.45) is 5.11 Å². The summed E-state index contributed by atoms with van der Waals surface area (Å²) in [6.07, 6.45) is -1.21. The van der Waals surface area contributed by atoms with E-state index in [2.05, 4.69) is 10.0 Å². The van der Waals surface area contributed by atoms with Crippen LogP contribution in [0.1, 0.15) is 22.8 Å². The summed E-state index contributed by atoms with van der Waals surface area (Å²) in [5.74, 6) is -0.518. The summed E-state index contributed by atoms with van der Waals surface area (Å²) in [6.45, 7) is 3.14. The quantitative estimate of drug-likeness (QED) is 0.289. The molecule has 0 saturated carbocycles. The fourth-order valence-electron chi connectivity index (χ4n) is 2.54. The molecule has 0 aliphatic heterocycles. The number of esters is 1. The molecule has 0 aliphatic rings. The molecular weight excluding hydrogens is 396 g/mol. The van der Waals surface area contributed by atoms with E-state index in [1.54, 1.807) is 19.1 Å². The van der Waals surface area contributed by atoms with Crippen LogP contribution in [0.25, 0.3) is 10.4 Å². The van der Waals surface area contributed by atoms with E-state index in [1.807, 2.05) is 6.92 Å². The predicted octanol–water partition coefficient (Wildman–Crippen LogP) is 3.04. The lowest BCUT2D eigenvalue weighted by atomic mass is 10.2. The molecule has 0 heterocycles. The Hall–Kier alpha value is -3.07. The van der Waals surface area contributed by atoms with E-state index in [0.717, 1.165) is 9.87 Å². The van der Waals surface area contributed by atoms with Gasteiger partial charge in [0.25, 0.3) is 10.0 Å². The molecule has 9 nitrogen and oxygen atoms in total. The molecule has 154 valence electrons. The molecular formula is C19H22N4O5S. The topological polar surface area (TPSA) is 133 Å². The van der Waals surface area contributed by atoms with E-state index >= 15 is 0 Å². The number of anilines is 1.